The first-order valence-corrected chi connectivity index (χ1v) is 8.10. The zero-order chi connectivity index (χ0) is 16.1. The highest BCUT2D eigenvalue weighted by Gasteiger charge is 2.20. The van der Waals surface area contributed by atoms with Crippen LogP contribution in [0.5, 0.6) is 11.5 Å². The molecule has 7 heteroatoms. The number of rotatable bonds is 5. The molecule has 0 aliphatic carbocycles. The van der Waals surface area contributed by atoms with Crippen molar-refractivity contribution >= 4 is 17.7 Å². The number of ether oxygens (including phenoxy) is 3. The van der Waals surface area contributed by atoms with Crippen LogP contribution in [0.2, 0.25) is 0 Å². The topological polar surface area (TPSA) is 70.5 Å². The largest absolute Gasteiger partial charge is 0.486 e. The molecule has 0 saturated carbocycles. The van der Waals surface area contributed by atoms with E-state index in [1.165, 1.54) is 11.8 Å². The lowest BCUT2D eigenvalue weighted by Crippen LogP contribution is -2.19. The molecule has 0 fully saturated rings. The molecule has 3 rings (SSSR count). The summed E-state index contributed by atoms with van der Waals surface area (Å²) in [5.41, 5.74) is 0.795. The number of nitrogens with zero attached hydrogens (tertiary/aromatic N) is 2. The molecule has 23 heavy (non-hydrogen) atoms. The van der Waals surface area contributed by atoms with Gasteiger partial charge in [0.15, 0.2) is 16.7 Å². The number of para-hydroxylation sites is 1. The highest BCUT2D eigenvalue weighted by atomic mass is 32.2. The van der Waals surface area contributed by atoms with Crippen molar-refractivity contribution in [1.82, 2.24) is 9.97 Å². The van der Waals surface area contributed by atoms with Gasteiger partial charge in [-0.15, -0.1) is 0 Å². The molecule has 2 heterocycles. The zero-order valence-electron chi connectivity index (χ0n) is 12.6. The SMILES string of the molecule is C[C@@H](Sc1ncccn1)C(=O)OCc1cccc2c1OCCO2. The van der Waals surface area contributed by atoms with Gasteiger partial charge < -0.3 is 14.2 Å². The van der Waals surface area contributed by atoms with E-state index in [0.29, 0.717) is 29.9 Å². The van der Waals surface area contributed by atoms with Crippen LogP contribution in [-0.4, -0.2) is 34.4 Å². The number of benzene rings is 1. The molecule has 0 radical (unpaired) electrons. The molecular formula is C16H16N2O4S. The van der Waals surface area contributed by atoms with Crippen molar-refractivity contribution in [2.45, 2.75) is 23.9 Å². The van der Waals surface area contributed by atoms with Crippen LogP contribution in [-0.2, 0) is 16.1 Å². The van der Waals surface area contributed by atoms with Crippen LogP contribution in [0, 0.1) is 0 Å². The van der Waals surface area contributed by atoms with Crippen molar-refractivity contribution in [2.75, 3.05) is 13.2 Å². The minimum atomic E-state index is -0.394. The van der Waals surface area contributed by atoms with E-state index in [1.54, 1.807) is 25.4 Å². The number of aromatic nitrogens is 2. The van der Waals surface area contributed by atoms with Gasteiger partial charge in [-0.25, -0.2) is 9.97 Å². The Bertz CT molecular complexity index is 681. The smallest absolute Gasteiger partial charge is 0.319 e. The number of hydrogen-bond acceptors (Lipinski definition) is 7. The lowest BCUT2D eigenvalue weighted by molar-refractivity contribution is -0.144. The third-order valence-electron chi connectivity index (χ3n) is 3.17. The van der Waals surface area contributed by atoms with Gasteiger partial charge in [0.1, 0.15) is 25.1 Å². The van der Waals surface area contributed by atoms with Crippen LogP contribution < -0.4 is 9.47 Å². The Hall–Kier alpha value is -2.28. The highest BCUT2D eigenvalue weighted by Crippen LogP contribution is 2.34. The Morgan fingerprint density at radius 3 is 2.87 bits per heavy atom. The Balaban J connectivity index is 1.59. The summed E-state index contributed by atoms with van der Waals surface area (Å²) in [6, 6.07) is 7.28. The molecule has 0 bridgehead atoms. The van der Waals surface area contributed by atoms with Crippen LogP contribution in [0.3, 0.4) is 0 Å². The lowest BCUT2D eigenvalue weighted by atomic mass is 10.2. The zero-order valence-corrected chi connectivity index (χ0v) is 13.4. The fraction of sp³-hybridized carbons (Fsp3) is 0.312. The van der Waals surface area contributed by atoms with E-state index in [0.717, 1.165) is 5.56 Å². The molecule has 0 saturated heterocycles. The summed E-state index contributed by atoms with van der Waals surface area (Å²) >= 11 is 1.26. The Kier molecular flexibility index (Phi) is 4.97. The minimum Gasteiger partial charge on any atom is -0.486 e. The lowest BCUT2D eigenvalue weighted by Gasteiger charge is -2.21. The first kappa shape index (κ1) is 15.6. The quantitative estimate of drug-likeness (QED) is 0.473. The van der Waals surface area contributed by atoms with Gasteiger partial charge in [0.2, 0.25) is 0 Å². The van der Waals surface area contributed by atoms with Crippen molar-refractivity contribution in [2.24, 2.45) is 0 Å². The van der Waals surface area contributed by atoms with Crippen LogP contribution in [0.4, 0.5) is 0 Å². The Morgan fingerprint density at radius 1 is 1.26 bits per heavy atom. The van der Waals surface area contributed by atoms with E-state index in [1.807, 2.05) is 18.2 Å². The fourth-order valence-corrected chi connectivity index (χ4v) is 2.79. The van der Waals surface area contributed by atoms with Crippen LogP contribution in [0.15, 0.2) is 41.8 Å². The van der Waals surface area contributed by atoms with Crippen molar-refractivity contribution in [3.63, 3.8) is 0 Å². The molecule has 1 aliphatic rings. The molecule has 1 atom stereocenters. The number of carbonyl (C=O) groups excluding carboxylic acids is 1. The number of hydrogen-bond donors (Lipinski definition) is 0. The molecule has 2 aromatic rings. The van der Waals surface area contributed by atoms with Gasteiger partial charge in [0, 0.05) is 18.0 Å². The van der Waals surface area contributed by atoms with E-state index in [4.69, 9.17) is 14.2 Å². The van der Waals surface area contributed by atoms with Gasteiger partial charge in [-0.3, -0.25) is 4.79 Å². The van der Waals surface area contributed by atoms with Crippen LogP contribution in [0.25, 0.3) is 0 Å². The fourth-order valence-electron chi connectivity index (χ4n) is 2.07. The minimum absolute atomic E-state index is 0.145. The number of esters is 1. The van der Waals surface area contributed by atoms with E-state index >= 15 is 0 Å². The number of fused-ring (bicyclic) bond motifs is 1. The average Bonchev–Trinajstić information content (AvgIpc) is 2.60. The van der Waals surface area contributed by atoms with Gasteiger partial charge in [-0.1, -0.05) is 23.9 Å². The molecule has 0 unspecified atom stereocenters. The maximum Gasteiger partial charge on any atom is 0.319 e. The summed E-state index contributed by atoms with van der Waals surface area (Å²) in [4.78, 5) is 20.3. The molecule has 0 N–H and O–H groups in total. The Morgan fingerprint density at radius 2 is 2.04 bits per heavy atom. The molecule has 1 aromatic heterocycles. The van der Waals surface area contributed by atoms with Gasteiger partial charge in [0.05, 0.1) is 0 Å². The summed E-state index contributed by atoms with van der Waals surface area (Å²) in [7, 11) is 0. The van der Waals surface area contributed by atoms with E-state index in [9.17, 15) is 4.79 Å². The maximum atomic E-state index is 12.1. The van der Waals surface area contributed by atoms with E-state index in [-0.39, 0.29) is 12.6 Å². The predicted octanol–water partition coefficient (Wildman–Crippen LogP) is 2.47. The summed E-state index contributed by atoms with van der Waals surface area (Å²) < 4.78 is 16.5. The van der Waals surface area contributed by atoms with Crippen molar-refractivity contribution in [3.05, 3.63) is 42.2 Å². The summed E-state index contributed by atoms with van der Waals surface area (Å²) in [6.07, 6.45) is 3.28. The summed E-state index contributed by atoms with van der Waals surface area (Å²) in [5.74, 6) is 1.01. The third-order valence-corrected chi connectivity index (χ3v) is 4.14. The number of carbonyl (C=O) groups is 1. The standard InChI is InChI=1S/C16H16N2O4S/c1-11(23-16-17-6-3-7-18-16)15(19)22-10-12-4-2-5-13-14(12)21-9-8-20-13/h2-7,11H,8-10H2,1H3/t11-/m1/s1. The molecule has 0 amide bonds. The van der Waals surface area contributed by atoms with Crippen LogP contribution in [0.1, 0.15) is 12.5 Å². The highest BCUT2D eigenvalue weighted by molar-refractivity contribution is 8.00. The second-order valence-corrected chi connectivity index (χ2v) is 6.15. The normalized spacial score (nSPS) is 14.1. The van der Waals surface area contributed by atoms with Crippen molar-refractivity contribution in [1.29, 1.82) is 0 Å². The second-order valence-electron chi connectivity index (χ2n) is 4.84. The summed E-state index contributed by atoms with van der Waals surface area (Å²) in [5, 5.41) is 0.153. The average molecular weight is 332 g/mol. The van der Waals surface area contributed by atoms with Crippen LogP contribution >= 0.6 is 11.8 Å². The van der Waals surface area contributed by atoms with Crippen molar-refractivity contribution < 1.29 is 19.0 Å². The molecular weight excluding hydrogens is 316 g/mol. The molecule has 120 valence electrons. The molecule has 1 aliphatic heterocycles. The van der Waals surface area contributed by atoms with Gasteiger partial charge in [-0.2, -0.15) is 0 Å². The first-order valence-electron chi connectivity index (χ1n) is 7.22. The van der Waals surface area contributed by atoms with Gasteiger partial charge in [-0.05, 0) is 19.1 Å². The first-order chi connectivity index (χ1) is 11.2. The molecule has 1 aromatic carbocycles. The predicted molar refractivity (Wildman–Crippen MR) is 84.6 cm³/mol. The van der Waals surface area contributed by atoms with Gasteiger partial charge in [0.25, 0.3) is 0 Å². The maximum absolute atomic E-state index is 12.1. The molecule has 0 spiro atoms. The summed E-state index contributed by atoms with van der Waals surface area (Å²) in [6.45, 7) is 2.94. The number of thioether (sulfide) groups is 1. The van der Waals surface area contributed by atoms with E-state index in [2.05, 4.69) is 9.97 Å². The third kappa shape index (κ3) is 3.92. The Labute approximate surface area is 138 Å². The van der Waals surface area contributed by atoms with E-state index < -0.39 is 5.25 Å². The van der Waals surface area contributed by atoms with Gasteiger partial charge >= 0.3 is 5.97 Å². The molecule has 6 nitrogen and oxygen atoms in total. The monoisotopic (exact) mass is 332 g/mol. The van der Waals surface area contributed by atoms with Crippen molar-refractivity contribution in [3.8, 4) is 11.5 Å². The second kappa shape index (κ2) is 7.32.